The van der Waals surface area contributed by atoms with Crippen molar-refractivity contribution < 1.29 is 4.74 Å². The predicted molar refractivity (Wildman–Crippen MR) is 189 cm³/mol. The first-order valence-electron chi connectivity index (χ1n) is 15.4. The molecule has 0 bridgehead atoms. The summed E-state index contributed by atoms with van der Waals surface area (Å²) in [5.74, 6) is 0.923. The zero-order chi connectivity index (χ0) is 29.3. The summed E-state index contributed by atoms with van der Waals surface area (Å²) >= 11 is 0. The van der Waals surface area contributed by atoms with E-state index in [1.165, 1.54) is 109 Å². The molecule has 0 N–H and O–H groups in total. The molecule has 1 nitrogen and oxygen atoms in total. The molecule has 1 aliphatic carbocycles. The summed E-state index contributed by atoms with van der Waals surface area (Å²) < 4.78 is 6.03. The van der Waals surface area contributed by atoms with Crippen molar-refractivity contribution >= 4 is 64.6 Å². The number of rotatable bonds is 2. The fourth-order valence-electron chi connectivity index (χ4n) is 8.24. The number of fused-ring (bicyclic) bond motifs is 7. The number of methoxy groups -OCH3 is 1. The van der Waals surface area contributed by atoms with E-state index in [4.69, 9.17) is 4.74 Å². The van der Waals surface area contributed by atoms with E-state index in [1.807, 2.05) is 0 Å². The average molecular weight is 561 g/mol. The fourth-order valence-corrected chi connectivity index (χ4v) is 8.24. The predicted octanol–water partition coefficient (Wildman–Crippen LogP) is 12.0. The molecule has 9 aromatic rings. The molecule has 0 unspecified atom stereocenters. The van der Waals surface area contributed by atoms with Crippen LogP contribution >= 0.6 is 0 Å². The average Bonchev–Trinajstić information content (AvgIpc) is 3.34. The maximum Gasteiger partial charge on any atom is 0.127 e. The SMILES string of the molecule is COc1cc2c3cc(-c4ccccc4)c4cc5c(cc4c3cc3ccc4cccc1c4c32)-c1cc(C)cc2cc(C)cc-5c12. The number of hydrogen-bond donors (Lipinski definition) is 0. The first kappa shape index (κ1) is 24.1. The Bertz CT molecular complexity index is 2690. The van der Waals surface area contributed by atoms with Crippen LogP contribution in [0.2, 0.25) is 0 Å². The van der Waals surface area contributed by atoms with Crippen molar-refractivity contribution in [1.29, 1.82) is 0 Å². The van der Waals surface area contributed by atoms with Crippen LogP contribution < -0.4 is 4.74 Å². The van der Waals surface area contributed by atoms with Gasteiger partial charge in [0.25, 0.3) is 0 Å². The van der Waals surface area contributed by atoms with Crippen LogP contribution in [0, 0.1) is 13.8 Å². The highest BCUT2D eigenvalue weighted by atomic mass is 16.5. The molecule has 0 aromatic heterocycles. The van der Waals surface area contributed by atoms with E-state index < -0.39 is 0 Å². The highest BCUT2D eigenvalue weighted by molar-refractivity contribution is 6.34. The van der Waals surface area contributed by atoms with E-state index in [0.717, 1.165) is 5.75 Å². The number of aryl methyl sites for hydroxylation is 2. The second-order valence-electron chi connectivity index (χ2n) is 12.6. The monoisotopic (exact) mass is 560 g/mol. The minimum Gasteiger partial charge on any atom is -0.496 e. The smallest absolute Gasteiger partial charge is 0.127 e. The summed E-state index contributed by atoms with van der Waals surface area (Å²) in [4.78, 5) is 0. The minimum absolute atomic E-state index is 0.923. The summed E-state index contributed by atoms with van der Waals surface area (Å²) in [6.45, 7) is 4.43. The van der Waals surface area contributed by atoms with Crippen LogP contribution in [-0.4, -0.2) is 7.11 Å². The van der Waals surface area contributed by atoms with Crippen LogP contribution in [0.25, 0.3) is 98.0 Å². The lowest BCUT2D eigenvalue weighted by atomic mass is 9.85. The Morgan fingerprint density at radius 3 is 1.77 bits per heavy atom. The highest BCUT2D eigenvalue weighted by Gasteiger charge is 2.25. The van der Waals surface area contributed by atoms with Gasteiger partial charge in [0, 0.05) is 10.8 Å². The zero-order valence-corrected chi connectivity index (χ0v) is 24.9. The molecule has 0 amide bonds. The number of benzene rings is 9. The van der Waals surface area contributed by atoms with Crippen LogP contribution in [0.3, 0.4) is 0 Å². The van der Waals surface area contributed by atoms with Crippen LogP contribution in [0.1, 0.15) is 11.1 Å². The van der Waals surface area contributed by atoms with E-state index >= 15 is 0 Å². The second-order valence-corrected chi connectivity index (χ2v) is 12.6. The number of ether oxygens (including phenoxy) is 1. The summed E-state index contributed by atoms with van der Waals surface area (Å²) in [5.41, 5.74) is 10.5. The van der Waals surface area contributed by atoms with E-state index in [2.05, 4.69) is 129 Å². The maximum atomic E-state index is 6.03. The van der Waals surface area contributed by atoms with Crippen LogP contribution in [0.5, 0.6) is 5.75 Å². The Kier molecular flexibility index (Phi) is 4.58. The van der Waals surface area contributed by atoms with Gasteiger partial charge in [0.2, 0.25) is 0 Å². The lowest BCUT2D eigenvalue weighted by Crippen LogP contribution is -1.92. The summed E-state index contributed by atoms with van der Waals surface area (Å²) in [6, 6.07) is 43.5. The van der Waals surface area contributed by atoms with E-state index in [-0.39, 0.29) is 0 Å². The molecule has 44 heavy (non-hydrogen) atoms. The molecule has 0 aliphatic heterocycles. The van der Waals surface area contributed by atoms with Gasteiger partial charge < -0.3 is 4.74 Å². The van der Waals surface area contributed by atoms with Crippen molar-refractivity contribution in [1.82, 2.24) is 0 Å². The van der Waals surface area contributed by atoms with Gasteiger partial charge in [-0.3, -0.25) is 0 Å². The van der Waals surface area contributed by atoms with Gasteiger partial charge in [-0.05, 0) is 143 Å². The lowest BCUT2D eigenvalue weighted by molar-refractivity contribution is 0.420. The van der Waals surface area contributed by atoms with E-state index in [0.29, 0.717) is 0 Å². The Morgan fingerprint density at radius 1 is 0.386 bits per heavy atom. The molecule has 0 heterocycles. The maximum absolute atomic E-state index is 6.03. The van der Waals surface area contributed by atoms with Crippen LogP contribution in [-0.2, 0) is 0 Å². The van der Waals surface area contributed by atoms with Gasteiger partial charge in [0.15, 0.2) is 0 Å². The minimum atomic E-state index is 0.923. The third-order valence-corrected chi connectivity index (χ3v) is 10.0. The third-order valence-electron chi connectivity index (χ3n) is 10.0. The zero-order valence-electron chi connectivity index (χ0n) is 24.9. The molecule has 206 valence electrons. The fraction of sp³-hybridized carbons (Fsp3) is 0.0698. The molecule has 0 spiro atoms. The topological polar surface area (TPSA) is 9.23 Å². The van der Waals surface area contributed by atoms with Gasteiger partial charge in [-0.15, -0.1) is 0 Å². The van der Waals surface area contributed by atoms with E-state index in [1.54, 1.807) is 7.11 Å². The van der Waals surface area contributed by atoms with Crippen molar-refractivity contribution in [3.05, 3.63) is 126 Å². The summed E-state index contributed by atoms with van der Waals surface area (Å²) in [5, 5.41) is 15.4. The van der Waals surface area contributed by atoms with Crippen molar-refractivity contribution in [2.75, 3.05) is 7.11 Å². The normalized spacial score (nSPS) is 12.4. The van der Waals surface area contributed by atoms with Gasteiger partial charge in [0.1, 0.15) is 5.75 Å². The molecule has 0 radical (unpaired) electrons. The van der Waals surface area contributed by atoms with Crippen LogP contribution in [0.15, 0.2) is 115 Å². The van der Waals surface area contributed by atoms with Crippen LogP contribution in [0.4, 0.5) is 0 Å². The molecule has 10 rings (SSSR count). The Labute approximate surface area is 255 Å². The number of hydrogen-bond acceptors (Lipinski definition) is 1. The van der Waals surface area contributed by atoms with Crippen molar-refractivity contribution in [3.8, 4) is 39.1 Å². The molecule has 1 aliphatic rings. The van der Waals surface area contributed by atoms with Gasteiger partial charge in [0.05, 0.1) is 7.11 Å². The molecular weight excluding hydrogens is 532 g/mol. The molecule has 0 saturated heterocycles. The summed E-state index contributed by atoms with van der Waals surface area (Å²) in [7, 11) is 1.79. The molecule has 0 atom stereocenters. The molecule has 9 aromatic carbocycles. The molecule has 0 fully saturated rings. The third kappa shape index (κ3) is 3.04. The lowest BCUT2D eigenvalue weighted by Gasteiger charge is -2.19. The van der Waals surface area contributed by atoms with Gasteiger partial charge >= 0.3 is 0 Å². The largest absolute Gasteiger partial charge is 0.496 e. The summed E-state index contributed by atoms with van der Waals surface area (Å²) in [6.07, 6.45) is 0. The Morgan fingerprint density at radius 2 is 1.02 bits per heavy atom. The first-order valence-corrected chi connectivity index (χ1v) is 15.4. The molecular formula is C43H28O. The standard InChI is InChI=1S/C43H28O/c1-23-14-28-15-24(2)17-38-36-21-33-31-18-27-13-12-26-10-7-11-29-40(44-3)22-39(43(27)42(26)29)34(31)19-30(25-8-5-4-6-9-25)32(33)20-35(36)37(16-23)41(28)38/h4-22H,1-3H3. The second kappa shape index (κ2) is 8.36. The highest BCUT2D eigenvalue weighted by Crippen LogP contribution is 2.52. The Balaban J connectivity index is 1.43. The van der Waals surface area contributed by atoms with Gasteiger partial charge in [-0.2, -0.15) is 0 Å². The van der Waals surface area contributed by atoms with Crippen molar-refractivity contribution in [3.63, 3.8) is 0 Å². The quantitative estimate of drug-likeness (QED) is 0.151. The van der Waals surface area contributed by atoms with E-state index in [9.17, 15) is 0 Å². The molecule has 0 saturated carbocycles. The van der Waals surface area contributed by atoms with Gasteiger partial charge in [-0.25, -0.2) is 0 Å². The van der Waals surface area contributed by atoms with Crippen molar-refractivity contribution in [2.24, 2.45) is 0 Å². The first-order chi connectivity index (χ1) is 21.6. The molecule has 1 heteroatoms. The van der Waals surface area contributed by atoms with Crippen molar-refractivity contribution in [2.45, 2.75) is 13.8 Å². The van der Waals surface area contributed by atoms with Gasteiger partial charge in [-0.1, -0.05) is 84.9 Å². The Hall–Kier alpha value is -5.40.